The number of fused-ring (bicyclic) bond motifs is 10. The lowest BCUT2D eigenvalue weighted by atomic mass is 9.86. The van der Waals surface area contributed by atoms with Crippen molar-refractivity contribution in [2.75, 3.05) is 0 Å². The van der Waals surface area contributed by atoms with Crippen molar-refractivity contribution < 1.29 is 0 Å². The molecule has 0 fully saturated rings. The van der Waals surface area contributed by atoms with E-state index in [0.717, 1.165) is 0 Å². The highest BCUT2D eigenvalue weighted by molar-refractivity contribution is 6.33. The van der Waals surface area contributed by atoms with Gasteiger partial charge in [0.2, 0.25) is 0 Å². The first-order chi connectivity index (χ1) is 23.8. The van der Waals surface area contributed by atoms with E-state index in [1.807, 2.05) is 0 Å². The smallest absolute Gasteiger partial charge is 0.00199 e. The van der Waals surface area contributed by atoms with Gasteiger partial charge in [-0.25, -0.2) is 0 Å². The van der Waals surface area contributed by atoms with Crippen molar-refractivity contribution in [2.24, 2.45) is 0 Å². The van der Waals surface area contributed by atoms with Crippen molar-refractivity contribution >= 4 is 64.6 Å². The van der Waals surface area contributed by atoms with Crippen LogP contribution in [0.2, 0.25) is 0 Å². The zero-order valence-corrected chi connectivity index (χ0v) is 26.3. The first kappa shape index (κ1) is 26.9. The van der Waals surface area contributed by atoms with Gasteiger partial charge in [0.1, 0.15) is 0 Å². The maximum atomic E-state index is 2.44. The van der Waals surface area contributed by atoms with Crippen LogP contribution in [0.4, 0.5) is 0 Å². The maximum Gasteiger partial charge on any atom is -0.00199 e. The molecule has 10 rings (SSSR count). The molecule has 222 valence electrons. The number of hydrogen-bond donors (Lipinski definition) is 0. The Kier molecular flexibility index (Phi) is 5.98. The molecule has 0 aliphatic heterocycles. The van der Waals surface area contributed by atoms with Crippen molar-refractivity contribution in [3.63, 3.8) is 0 Å². The fourth-order valence-electron chi connectivity index (χ4n) is 7.84. The highest BCUT2D eigenvalue weighted by atomic mass is 14.2. The summed E-state index contributed by atoms with van der Waals surface area (Å²) in [5, 5.41) is 15.4. The fraction of sp³-hybridized carbons (Fsp3) is 0. The predicted molar refractivity (Wildman–Crippen MR) is 208 cm³/mol. The van der Waals surface area contributed by atoms with Crippen molar-refractivity contribution in [1.29, 1.82) is 0 Å². The summed E-state index contributed by atoms with van der Waals surface area (Å²) >= 11 is 0. The molecule has 0 bridgehead atoms. The van der Waals surface area contributed by atoms with Gasteiger partial charge in [0.25, 0.3) is 0 Å². The van der Waals surface area contributed by atoms with Crippen LogP contribution in [0.3, 0.4) is 0 Å². The summed E-state index contributed by atoms with van der Waals surface area (Å²) in [6, 6.07) is 67.2. The molecule has 0 saturated heterocycles. The van der Waals surface area contributed by atoms with E-state index in [1.165, 1.54) is 98.0 Å². The van der Waals surface area contributed by atoms with Crippen LogP contribution in [0.1, 0.15) is 0 Å². The van der Waals surface area contributed by atoms with Crippen LogP contribution in [-0.2, 0) is 0 Å². The minimum Gasteiger partial charge on any atom is -0.0616 e. The van der Waals surface area contributed by atoms with E-state index in [1.54, 1.807) is 0 Å². The van der Waals surface area contributed by atoms with E-state index in [-0.39, 0.29) is 0 Å². The zero-order chi connectivity index (χ0) is 31.6. The van der Waals surface area contributed by atoms with Crippen molar-refractivity contribution in [2.45, 2.75) is 0 Å². The Morgan fingerprint density at radius 1 is 0.208 bits per heavy atom. The zero-order valence-electron chi connectivity index (χ0n) is 26.3. The summed E-state index contributed by atoms with van der Waals surface area (Å²) in [6.07, 6.45) is 0. The van der Waals surface area contributed by atoms with E-state index in [9.17, 15) is 0 Å². The van der Waals surface area contributed by atoms with E-state index in [0.29, 0.717) is 0 Å². The summed E-state index contributed by atoms with van der Waals surface area (Å²) in [5.74, 6) is 0. The Balaban J connectivity index is 1.20. The van der Waals surface area contributed by atoms with Crippen molar-refractivity contribution in [3.8, 4) is 33.4 Å². The largest absolute Gasteiger partial charge is 0.0616 e. The second-order valence-corrected chi connectivity index (χ2v) is 12.9. The van der Waals surface area contributed by atoms with Gasteiger partial charge in [-0.3, -0.25) is 0 Å². The molecule has 0 spiro atoms. The van der Waals surface area contributed by atoms with E-state index >= 15 is 0 Å². The third kappa shape index (κ3) is 4.24. The molecular formula is C48H30. The lowest BCUT2D eigenvalue weighted by Crippen LogP contribution is -1.90. The standard InChI is InChI=1S/C48H30/c1-3-12-33-26-37(22-20-31(33)10-1)35-14-9-15-36(27-35)38-24-25-44-46(29-38)40-16-5-6-17-41(40)47-30-45(42-18-7-8-19-43(42)48(44)47)39-23-21-32-11-2-4-13-34(32)28-39/h1-30H. The Morgan fingerprint density at radius 2 is 0.688 bits per heavy atom. The Bertz CT molecular complexity index is 2890. The van der Waals surface area contributed by atoms with E-state index in [4.69, 9.17) is 0 Å². The number of rotatable bonds is 3. The van der Waals surface area contributed by atoms with Crippen LogP contribution in [0.15, 0.2) is 182 Å². The molecule has 10 aromatic rings. The highest BCUT2D eigenvalue weighted by Crippen LogP contribution is 2.44. The molecule has 0 atom stereocenters. The Labute approximate surface area is 279 Å². The molecular weight excluding hydrogens is 577 g/mol. The molecule has 0 amide bonds. The molecule has 0 N–H and O–H groups in total. The number of hydrogen-bond acceptors (Lipinski definition) is 0. The predicted octanol–water partition coefficient (Wildman–Crippen LogP) is 13.6. The third-order valence-electron chi connectivity index (χ3n) is 10.2. The minimum absolute atomic E-state index is 1.23. The Morgan fingerprint density at radius 3 is 1.40 bits per heavy atom. The lowest BCUT2D eigenvalue weighted by Gasteiger charge is -2.17. The summed E-state index contributed by atoms with van der Waals surface area (Å²) in [4.78, 5) is 0. The van der Waals surface area contributed by atoms with Gasteiger partial charge < -0.3 is 0 Å². The summed E-state index contributed by atoms with van der Waals surface area (Å²) in [5.41, 5.74) is 7.44. The molecule has 0 aliphatic carbocycles. The fourth-order valence-corrected chi connectivity index (χ4v) is 7.84. The van der Waals surface area contributed by atoms with Gasteiger partial charge in [-0.1, -0.05) is 152 Å². The number of benzene rings is 10. The molecule has 0 heteroatoms. The van der Waals surface area contributed by atoms with Gasteiger partial charge in [-0.05, 0) is 128 Å². The summed E-state index contributed by atoms with van der Waals surface area (Å²) in [7, 11) is 0. The molecule has 0 aliphatic rings. The maximum absolute atomic E-state index is 2.44. The molecule has 48 heavy (non-hydrogen) atoms. The van der Waals surface area contributed by atoms with Gasteiger partial charge in [0.15, 0.2) is 0 Å². The highest BCUT2D eigenvalue weighted by Gasteiger charge is 2.16. The third-order valence-corrected chi connectivity index (χ3v) is 10.2. The second-order valence-electron chi connectivity index (χ2n) is 12.9. The van der Waals surface area contributed by atoms with Crippen LogP contribution < -0.4 is 0 Å². The summed E-state index contributed by atoms with van der Waals surface area (Å²) < 4.78 is 0. The first-order valence-electron chi connectivity index (χ1n) is 16.7. The summed E-state index contributed by atoms with van der Waals surface area (Å²) in [6.45, 7) is 0. The molecule has 0 aromatic heterocycles. The first-order valence-corrected chi connectivity index (χ1v) is 16.7. The second kappa shape index (κ2) is 10.7. The average molecular weight is 607 g/mol. The molecule has 0 nitrogen and oxygen atoms in total. The lowest BCUT2D eigenvalue weighted by molar-refractivity contribution is 1.62. The van der Waals surface area contributed by atoms with Gasteiger partial charge in [-0.2, -0.15) is 0 Å². The van der Waals surface area contributed by atoms with Crippen LogP contribution >= 0.6 is 0 Å². The van der Waals surface area contributed by atoms with Gasteiger partial charge in [-0.15, -0.1) is 0 Å². The van der Waals surface area contributed by atoms with E-state index in [2.05, 4.69) is 182 Å². The molecule has 0 unspecified atom stereocenters. The normalized spacial score (nSPS) is 11.8. The molecule has 0 radical (unpaired) electrons. The van der Waals surface area contributed by atoms with Crippen molar-refractivity contribution in [3.05, 3.63) is 182 Å². The average Bonchev–Trinajstić information content (AvgIpc) is 3.17. The van der Waals surface area contributed by atoms with Gasteiger partial charge in [0, 0.05) is 0 Å². The molecule has 10 aromatic carbocycles. The monoisotopic (exact) mass is 606 g/mol. The van der Waals surface area contributed by atoms with Crippen molar-refractivity contribution in [1.82, 2.24) is 0 Å². The van der Waals surface area contributed by atoms with E-state index < -0.39 is 0 Å². The Hall–Kier alpha value is -6.24. The quantitative estimate of drug-likeness (QED) is 0.176. The molecule has 0 saturated carbocycles. The van der Waals surface area contributed by atoms with Crippen LogP contribution in [0.5, 0.6) is 0 Å². The van der Waals surface area contributed by atoms with Gasteiger partial charge in [0.05, 0.1) is 0 Å². The minimum atomic E-state index is 1.23. The molecule has 0 heterocycles. The van der Waals surface area contributed by atoms with Crippen LogP contribution in [0.25, 0.3) is 98.0 Å². The van der Waals surface area contributed by atoms with Crippen LogP contribution in [0, 0.1) is 0 Å². The van der Waals surface area contributed by atoms with Gasteiger partial charge >= 0.3 is 0 Å². The van der Waals surface area contributed by atoms with Crippen LogP contribution in [-0.4, -0.2) is 0 Å². The topological polar surface area (TPSA) is 0 Å². The SMILES string of the molecule is c1cc(-c2ccc3ccccc3c2)cc(-c2ccc3c(c2)c2ccccc2c2cc(-c4ccc5ccccc5c4)c4ccccc4c32)c1.